The Morgan fingerprint density at radius 2 is 1.68 bits per heavy atom. The van der Waals surface area contributed by atoms with Gasteiger partial charge in [-0.05, 0) is 24.0 Å². The fraction of sp³-hybridized carbons (Fsp3) is 0.320. The summed E-state index contributed by atoms with van der Waals surface area (Å²) in [6.07, 6.45) is 6.00. The molecule has 2 atom stereocenters. The molecule has 0 aliphatic carbocycles. The number of carbonyl (C=O) groups is 1. The number of likely N-dealkylation sites (tertiary alicyclic amines) is 1. The van der Waals surface area contributed by atoms with Crippen molar-refractivity contribution in [2.24, 2.45) is 5.92 Å². The van der Waals surface area contributed by atoms with Crippen LogP contribution in [0.15, 0.2) is 85.1 Å². The molecule has 1 aliphatic rings. The molecule has 0 aromatic heterocycles. The van der Waals surface area contributed by atoms with Gasteiger partial charge in [-0.15, -0.1) is 6.58 Å². The molecule has 28 heavy (non-hydrogen) atoms. The van der Waals surface area contributed by atoms with E-state index in [0.29, 0.717) is 6.61 Å². The van der Waals surface area contributed by atoms with Crippen LogP contribution < -0.4 is 0 Å². The van der Waals surface area contributed by atoms with E-state index in [1.165, 1.54) is 5.56 Å². The van der Waals surface area contributed by atoms with Crippen molar-refractivity contribution in [1.29, 1.82) is 0 Å². The lowest BCUT2D eigenvalue weighted by Crippen LogP contribution is -2.27. The van der Waals surface area contributed by atoms with Crippen LogP contribution >= 0.6 is 0 Å². The van der Waals surface area contributed by atoms with Crippen LogP contribution in [0.3, 0.4) is 0 Å². The van der Waals surface area contributed by atoms with E-state index < -0.39 is 0 Å². The standard InChI is InChI=1S/C25H29NO2/c1-3-23(22-14-8-5-9-15-22)20(2)24(26-16-10-11-17-26)18-25(27)28-19-21-12-6-4-7-13-21/h3-9,12-15,18,20,23H,1,10-11,16-17,19H2,2H3/b24-18+/t20-,23+/m0/s1. The second-order valence-corrected chi connectivity index (χ2v) is 7.32. The van der Waals surface area contributed by atoms with Crippen LogP contribution in [-0.2, 0) is 16.1 Å². The van der Waals surface area contributed by atoms with Gasteiger partial charge in [0.15, 0.2) is 0 Å². The summed E-state index contributed by atoms with van der Waals surface area (Å²) in [5.41, 5.74) is 3.25. The third-order valence-electron chi connectivity index (χ3n) is 5.40. The summed E-state index contributed by atoms with van der Waals surface area (Å²) in [7, 11) is 0. The van der Waals surface area contributed by atoms with Crippen molar-refractivity contribution in [2.45, 2.75) is 32.3 Å². The van der Waals surface area contributed by atoms with Crippen LogP contribution in [0.1, 0.15) is 36.8 Å². The smallest absolute Gasteiger partial charge is 0.332 e. The van der Waals surface area contributed by atoms with Crippen molar-refractivity contribution in [2.75, 3.05) is 13.1 Å². The highest BCUT2D eigenvalue weighted by molar-refractivity contribution is 5.82. The van der Waals surface area contributed by atoms with Crippen LogP contribution in [0, 0.1) is 5.92 Å². The zero-order chi connectivity index (χ0) is 19.8. The van der Waals surface area contributed by atoms with Crippen LogP contribution in [-0.4, -0.2) is 24.0 Å². The summed E-state index contributed by atoms with van der Waals surface area (Å²) in [5.74, 6) is 0.00530. The molecular weight excluding hydrogens is 346 g/mol. The first-order valence-corrected chi connectivity index (χ1v) is 10.0. The average Bonchev–Trinajstić information content (AvgIpc) is 3.27. The number of ether oxygens (including phenoxy) is 1. The average molecular weight is 376 g/mol. The van der Waals surface area contributed by atoms with E-state index in [0.717, 1.165) is 37.2 Å². The maximum Gasteiger partial charge on any atom is 0.332 e. The second-order valence-electron chi connectivity index (χ2n) is 7.32. The molecule has 3 rings (SSSR count). The Hall–Kier alpha value is -2.81. The van der Waals surface area contributed by atoms with E-state index in [1.54, 1.807) is 6.08 Å². The van der Waals surface area contributed by atoms with Gasteiger partial charge >= 0.3 is 5.97 Å². The van der Waals surface area contributed by atoms with Gasteiger partial charge in [0, 0.05) is 36.7 Å². The van der Waals surface area contributed by atoms with Crippen LogP contribution in [0.2, 0.25) is 0 Å². The minimum Gasteiger partial charge on any atom is -0.458 e. The van der Waals surface area contributed by atoms with Gasteiger partial charge in [-0.1, -0.05) is 73.7 Å². The summed E-state index contributed by atoms with van der Waals surface area (Å²) in [4.78, 5) is 14.9. The first-order chi connectivity index (χ1) is 13.7. The van der Waals surface area contributed by atoms with Crippen molar-refractivity contribution < 1.29 is 9.53 Å². The van der Waals surface area contributed by atoms with Crippen molar-refractivity contribution in [3.63, 3.8) is 0 Å². The first kappa shape index (κ1) is 19.9. The summed E-state index contributed by atoms with van der Waals surface area (Å²) in [5, 5.41) is 0. The van der Waals surface area contributed by atoms with E-state index >= 15 is 0 Å². The molecule has 1 heterocycles. The Morgan fingerprint density at radius 3 is 2.29 bits per heavy atom. The van der Waals surface area contributed by atoms with Crippen molar-refractivity contribution in [3.8, 4) is 0 Å². The Kier molecular flexibility index (Phi) is 7.07. The number of allylic oxidation sites excluding steroid dienone is 2. The van der Waals surface area contributed by atoms with Crippen molar-refractivity contribution >= 4 is 5.97 Å². The van der Waals surface area contributed by atoms with Crippen LogP contribution in [0.4, 0.5) is 0 Å². The van der Waals surface area contributed by atoms with Gasteiger partial charge in [0.05, 0.1) is 0 Å². The summed E-state index contributed by atoms with van der Waals surface area (Å²) >= 11 is 0. The minimum atomic E-state index is -0.284. The first-order valence-electron chi connectivity index (χ1n) is 10.0. The maximum absolute atomic E-state index is 12.6. The molecule has 2 aromatic carbocycles. The summed E-state index contributed by atoms with van der Waals surface area (Å²) in [6, 6.07) is 20.1. The molecule has 0 N–H and O–H groups in total. The van der Waals surface area contributed by atoms with Gasteiger partial charge in [-0.25, -0.2) is 4.79 Å². The highest BCUT2D eigenvalue weighted by atomic mass is 16.5. The lowest BCUT2D eigenvalue weighted by Gasteiger charge is -2.31. The fourth-order valence-electron chi connectivity index (χ4n) is 3.87. The van der Waals surface area contributed by atoms with Crippen molar-refractivity contribution in [3.05, 3.63) is 96.2 Å². The highest BCUT2D eigenvalue weighted by Crippen LogP contribution is 2.34. The topological polar surface area (TPSA) is 29.5 Å². The largest absolute Gasteiger partial charge is 0.458 e. The van der Waals surface area contributed by atoms with Crippen molar-refractivity contribution in [1.82, 2.24) is 4.90 Å². The number of hydrogen-bond donors (Lipinski definition) is 0. The number of carbonyl (C=O) groups excluding carboxylic acids is 1. The van der Waals surface area contributed by atoms with E-state index in [9.17, 15) is 4.79 Å². The zero-order valence-electron chi connectivity index (χ0n) is 16.6. The van der Waals surface area contributed by atoms with E-state index in [1.807, 2.05) is 54.6 Å². The Balaban J connectivity index is 1.78. The lowest BCUT2D eigenvalue weighted by molar-refractivity contribution is -0.139. The molecule has 0 spiro atoms. The molecule has 0 bridgehead atoms. The van der Waals surface area contributed by atoms with Gasteiger partial charge in [0.25, 0.3) is 0 Å². The fourth-order valence-corrected chi connectivity index (χ4v) is 3.87. The number of rotatable bonds is 8. The molecule has 0 saturated carbocycles. The van der Waals surface area contributed by atoms with E-state index in [4.69, 9.17) is 4.74 Å². The van der Waals surface area contributed by atoms with Gasteiger partial charge in [0.2, 0.25) is 0 Å². The SMILES string of the molecule is C=C[C@@H](c1ccccc1)[C@H](C)/C(=C\C(=O)OCc1ccccc1)N1CCCC1. The molecule has 0 amide bonds. The molecule has 1 fully saturated rings. The highest BCUT2D eigenvalue weighted by Gasteiger charge is 2.26. The molecule has 1 saturated heterocycles. The monoisotopic (exact) mass is 375 g/mol. The number of benzene rings is 2. The van der Waals surface area contributed by atoms with E-state index in [-0.39, 0.29) is 17.8 Å². The van der Waals surface area contributed by atoms with Gasteiger partial charge in [-0.3, -0.25) is 0 Å². The number of hydrogen-bond acceptors (Lipinski definition) is 3. The minimum absolute atomic E-state index is 0.141. The molecule has 2 aromatic rings. The second kappa shape index (κ2) is 9.93. The van der Waals surface area contributed by atoms with E-state index in [2.05, 4.69) is 30.5 Å². The molecule has 0 radical (unpaired) electrons. The molecule has 1 aliphatic heterocycles. The normalized spacial score (nSPS) is 16.5. The number of nitrogens with zero attached hydrogens (tertiary/aromatic N) is 1. The Labute approximate surface area is 168 Å². The molecule has 3 heteroatoms. The van der Waals surface area contributed by atoms with Gasteiger partial charge in [-0.2, -0.15) is 0 Å². The lowest BCUT2D eigenvalue weighted by atomic mass is 9.84. The number of esters is 1. The van der Waals surface area contributed by atoms with Gasteiger partial charge in [0.1, 0.15) is 6.61 Å². The predicted molar refractivity (Wildman–Crippen MR) is 114 cm³/mol. The Bertz CT molecular complexity index is 792. The molecule has 146 valence electrons. The zero-order valence-corrected chi connectivity index (χ0v) is 16.6. The maximum atomic E-state index is 12.6. The summed E-state index contributed by atoms with van der Waals surface area (Å²) in [6.45, 7) is 8.50. The Morgan fingerprint density at radius 1 is 1.07 bits per heavy atom. The molecular formula is C25H29NO2. The van der Waals surface area contributed by atoms with Crippen LogP contribution in [0.25, 0.3) is 0 Å². The van der Waals surface area contributed by atoms with Gasteiger partial charge < -0.3 is 9.64 Å². The summed E-state index contributed by atoms with van der Waals surface area (Å²) < 4.78 is 5.52. The molecule has 3 nitrogen and oxygen atoms in total. The quantitative estimate of drug-likeness (QED) is 0.355. The van der Waals surface area contributed by atoms with Crippen LogP contribution in [0.5, 0.6) is 0 Å². The third-order valence-corrected chi connectivity index (χ3v) is 5.40. The predicted octanol–water partition coefficient (Wildman–Crippen LogP) is 5.32. The third kappa shape index (κ3) is 5.13. The molecule has 0 unspecified atom stereocenters.